The fourth-order valence-corrected chi connectivity index (χ4v) is 3.96. The second-order valence-electron chi connectivity index (χ2n) is 8.30. The lowest BCUT2D eigenvalue weighted by atomic mass is 10.0. The first-order valence-corrected chi connectivity index (χ1v) is 11.7. The molecule has 0 saturated carbocycles. The average Bonchev–Trinajstić information content (AvgIpc) is 2.79. The molecular formula is C27H28Cl2N2O2. The molecule has 0 heterocycles. The second-order valence-corrected chi connectivity index (χ2v) is 9.12. The third-order valence-electron chi connectivity index (χ3n) is 5.24. The van der Waals surface area contributed by atoms with Gasteiger partial charge in [-0.05, 0) is 42.7 Å². The molecule has 0 saturated heterocycles. The van der Waals surface area contributed by atoms with Crippen LogP contribution in [-0.4, -0.2) is 28.8 Å². The van der Waals surface area contributed by atoms with Crippen LogP contribution in [0.25, 0.3) is 0 Å². The number of nitrogens with zero attached hydrogens (tertiary/aromatic N) is 1. The summed E-state index contributed by atoms with van der Waals surface area (Å²) in [6.07, 6.45) is 0.531. The lowest BCUT2D eigenvalue weighted by Gasteiger charge is -2.32. The van der Waals surface area contributed by atoms with E-state index < -0.39 is 6.04 Å². The van der Waals surface area contributed by atoms with E-state index in [1.165, 1.54) is 0 Å². The molecule has 2 amide bonds. The SMILES string of the molecule is CC(C)NC(=O)[C@@H](Cc1ccccc1)N(Cc1ccccc1)C(=O)Cc1ccc(Cl)c(Cl)c1. The van der Waals surface area contributed by atoms with Crippen LogP contribution in [0, 0.1) is 0 Å². The first-order valence-electron chi connectivity index (χ1n) is 10.9. The van der Waals surface area contributed by atoms with E-state index in [4.69, 9.17) is 23.2 Å². The molecule has 0 aliphatic carbocycles. The monoisotopic (exact) mass is 482 g/mol. The Labute approximate surface area is 205 Å². The zero-order chi connectivity index (χ0) is 23.8. The summed E-state index contributed by atoms with van der Waals surface area (Å²) >= 11 is 12.2. The van der Waals surface area contributed by atoms with Gasteiger partial charge < -0.3 is 10.2 Å². The number of benzene rings is 3. The van der Waals surface area contributed by atoms with Crippen molar-refractivity contribution >= 4 is 35.0 Å². The van der Waals surface area contributed by atoms with Gasteiger partial charge in [-0.1, -0.05) is 89.9 Å². The summed E-state index contributed by atoms with van der Waals surface area (Å²) in [6, 6.07) is 23.9. The number of rotatable bonds is 9. The van der Waals surface area contributed by atoms with Gasteiger partial charge in [0.15, 0.2) is 0 Å². The highest BCUT2D eigenvalue weighted by molar-refractivity contribution is 6.42. The minimum Gasteiger partial charge on any atom is -0.352 e. The van der Waals surface area contributed by atoms with Gasteiger partial charge >= 0.3 is 0 Å². The maximum Gasteiger partial charge on any atom is 0.243 e. The molecule has 172 valence electrons. The molecule has 3 aromatic rings. The normalized spacial score (nSPS) is 11.8. The van der Waals surface area contributed by atoms with Crippen molar-refractivity contribution in [2.24, 2.45) is 0 Å². The van der Waals surface area contributed by atoms with Gasteiger partial charge in [-0.2, -0.15) is 0 Å². The van der Waals surface area contributed by atoms with E-state index in [1.807, 2.05) is 74.5 Å². The van der Waals surface area contributed by atoms with Crippen LogP contribution in [-0.2, 0) is 29.0 Å². The van der Waals surface area contributed by atoms with Crippen LogP contribution in [0.5, 0.6) is 0 Å². The van der Waals surface area contributed by atoms with Gasteiger partial charge in [-0.3, -0.25) is 9.59 Å². The van der Waals surface area contributed by atoms with Crippen molar-refractivity contribution in [2.75, 3.05) is 0 Å². The predicted molar refractivity (Wildman–Crippen MR) is 134 cm³/mol. The van der Waals surface area contributed by atoms with Gasteiger partial charge in [-0.25, -0.2) is 0 Å². The van der Waals surface area contributed by atoms with Crippen molar-refractivity contribution in [3.63, 3.8) is 0 Å². The van der Waals surface area contributed by atoms with Crippen LogP contribution in [0.4, 0.5) is 0 Å². The predicted octanol–water partition coefficient (Wildman–Crippen LogP) is 5.70. The maximum atomic E-state index is 13.6. The molecule has 0 unspecified atom stereocenters. The number of carbonyl (C=O) groups excluding carboxylic acids is 2. The minimum absolute atomic E-state index is 0.0421. The van der Waals surface area contributed by atoms with Crippen molar-refractivity contribution in [2.45, 2.75) is 45.3 Å². The fraction of sp³-hybridized carbons (Fsp3) is 0.259. The number of carbonyl (C=O) groups is 2. The Morgan fingerprint density at radius 2 is 1.42 bits per heavy atom. The molecule has 3 aromatic carbocycles. The molecule has 6 heteroatoms. The fourth-order valence-electron chi connectivity index (χ4n) is 3.64. The van der Waals surface area contributed by atoms with Gasteiger partial charge in [0.1, 0.15) is 6.04 Å². The lowest BCUT2D eigenvalue weighted by molar-refractivity contribution is -0.141. The summed E-state index contributed by atoms with van der Waals surface area (Å²) in [4.78, 5) is 28.6. The van der Waals surface area contributed by atoms with E-state index in [0.29, 0.717) is 23.0 Å². The largest absolute Gasteiger partial charge is 0.352 e. The van der Waals surface area contributed by atoms with Gasteiger partial charge in [0.25, 0.3) is 0 Å². The van der Waals surface area contributed by atoms with Crippen LogP contribution in [0.2, 0.25) is 10.0 Å². The number of amides is 2. The van der Waals surface area contributed by atoms with Crippen molar-refractivity contribution in [1.82, 2.24) is 10.2 Å². The molecule has 3 rings (SSSR count). The average molecular weight is 483 g/mol. The quantitative estimate of drug-likeness (QED) is 0.425. The van der Waals surface area contributed by atoms with E-state index in [2.05, 4.69) is 5.32 Å². The molecule has 0 radical (unpaired) electrons. The Hall–Kier alpha value is -2.82. The smallest absolute Gasteiger partial charge is 0.243 e. The van der Waals surface area contributed by atoms with Crippen molar-refractivity contribution < 1.29 is 9.59 Å². The molecule has 0 fully saturated rings. The summed E-state index contributed by atoms with van der Waals surface area (Å²) in [5, 5.41) is 3.83. The molecule has 0 bridgehead atoms. The first-order chi connectivity index (χ1) is 15.8. The summed E-state index contributed by atoms with van der Waals surface area (Å²) < 4.78 is 0. The van der Waals surface area contributed by atoms with Gasteiger partial charge in [-0.15, -0.1) is 0 Å². The standard InChI is InChI=1S/C27H28Cl2N2O2/c1-19(2)30-27(33)25(16-20-9-5-3-6-10-20)31(18-21-11-7-4-8-12-21)26(32)17-22-13-14-23(28)24(29)15-22/h3-15,19,25H,16-18H2,1-2H3,(H,30,33)/t25-/m1/s1. The Balaban J connectivity index is 1.95. The number of halogens is 2. The van der Waals surface area contributed by atoms with E-state index >= 15 is 0 Å². The van der Waals surface area contributed by atoms with Gasteiger partial charge in [0.2, 0.25) is 11.8 Å². The Bertz CT molecular complexity index is 1070. The molecule has 4 nitrogen and oxygen atoms in total. The summed E-state index contributed by atoms with van der Waals surface area (Å²) in [6.45, 7) is 4.15. The maximum absolute atomic E-state index is 13.6. The van der Waals surface area contributed by atoms with Crippen LogP contribution in [0.3, 0.4) is 0 Å². The molecule has 1 N–H and O–H groups in total. The molecule has 0 aliphatic rings. The van der Waals surface area contributed by atoms with Crippen molar-refractivity contribution in [1.29, 1.82) is 0 Å². The van der Waals surface area contributed by atoms with Crippen LogP contribution in [0.1, 0.15) is 30.5 Å². The van der Waals surface area contributed by atoms with Crippen LogP contribution >= 0.6 is 23.2 Å². The number of hydrogen-bond donors (Lipinski definition) is 1. The summed E-state index contributed by atoms with van der Waals surface area (Å²) in [5.41, 5.74) is 2.69. The van der Waals surface area contributed by atoms with E-state index in [1.54, 1.807) is 23.1 Å². The molecular weight excluding hydrogens is 455 g/mol. The third-order valence-corrected chi connectivity index (χ3v) is 5.98. The molecule has 0 aliphatic heterocycles. The molecule has 0 spiro atoms. The summed E-state index contributed by atoms with van der Waals surface area (Å²) in [5.74, 6) is -0.329. The van der Waals surface area contributed by atoms with Crippen molar-refractivity contribution in [3.05, 3.63) is 106 Å². The zero-order valence-corrected chi connectivity index (χ0v) is 20.3. The molecule has 0 aromatic heterocycles. The molecule has 33 heavy (non-hydrogen) atoms. The van der Waals surface area contributed by atoms with Crippen LogP contribution in [0.15, 0.2) is 78.9 Å². The van der Waals surface area contributed by atoms with E-state index in [0.717, 1.165) is 16.7 Å². The lowest BCUT2D eigenvalue weighted by Crippen LogP contribution is -2.52. The highest BCUT2D eigenvalue weighted by Crippen LogP contribution is 2.24. The Morgan fingerprint density at radius 3 is 2.00 bits per heavy atom. The van der Waals surface area contributed by atoms with E-state index in [9.17, 15) is 9.59 Å². The zero-order valence-electron chi connectivity index (χ0n) is 18.8. The van der Waals surface area contributed by atoms with Gasteiger partial charge in [0, 0.05) is 19.0 Å². The highest BCUT2D eigenvalue weighted by Gasteiger charge is 2.30. The van der Waals surface area contributed by atoms with Gasteiger partial charge in [0.05, 0.1) is 16.5 Å². The Morgan fingerprint density at radius 1 is 0.818 bits per heavy atom. The second kappa shape index (κ2) is 11.9. The minimum atomic E-state index is -0.662. The topological polar surface area (TPSA) is 49.4 Å². The number of hydrogen-bond acceptors (Lipinski definition) is 2. The van der Waals surface area contributed by atoms with E-state index in [-0.39, 0.29) is 24.3 Å². The number of nitrogens with one attached hydrogen (secondary N) is 1. The highest BCUT2D eigenvalue weighted by atomic mass is 35.5. The first kappa shape index (κ1) is 24.8. The molecule has 1 atom stereocenters. The summed E-state index contributed by atoms with van der Waals surface area (Å²) in [7, 11) is 0. The third kappa shape index (κ3) is 7.34. The Kier molecular flexibility index (Phi) is 8.93. The van der Waals surface area contributed by atoms with Crippen LogP contribution < -0.4 is 5.32 Å². The van der Waals surface area contributed by atoms with Crippen molar-refractivity contribution in [3.8, 4) is 0 Å².